The molecule has 96 valence electrons. The molecule has 18 heavy (non-hydrogen) atoms. The molecule has 1 aliphatic rings. The highest BCUT2D eigenvalue weighted by molar-refractivity contribution is 5.64. The van der Waals surface area contributed by atoms with Crippen molar-refractivity contribution in [3.63, 3.8) is 0 Å². The zero-order chi connectivity index (χ0) is 13.1. The summed E-state index contributed by atoms with van der Waals surface area (Å²) in [5, 5.41) is 9.11. The van der Waals surface area contributed by atoms with E-state index in [9.17, 15) is 0 Å². The summed E-state index contributed by atoms with van der Waals surface area (Å²) in [6, 6.07) is 2.14. The van der Waals surface area contributed by atoms with Gasteiger partial charge in [0.15, 0.2) is 0 Å². The van der Waals surface area contributed by atoms with Crippen LogP contribution in [0.2, 0.25) is 0 Å². The van der Waals surface area contributed by atoms with E-state index in [1.165, 1.54) is 0 Å². The average molecular weight is 245 g/mol. The van der Waals surface area contributed by atoms with E-state index >= 15 is 0 Å². The van der Waals surface area contributed by atoms with E-state index in [-0.39, 0.29) is 0 Å². The zero-order valence-corrected chi connectivity index (χ0v) is 11.0. The van der Waals surface area contributed by atoms with Gasteiger partial charge in [0.2, 0.25) is 0 Å². The molecule has 0 radical (unpaired) electrons. The molecule has 5 nitrogen and oxygen atoms in total. The number of anilines is 2. The van der Waals surface area contributed by atoms with Crippen LogP contribution in [0.4, 0.5) is 11.5 Å². The van der Waals surface area contributed by atoms with Gasteiger partial charge in [-0.2, -0.15) is 5.26 Å². The van der Waals surface area contributed by atoms with Gasteiger partial charge in [0, 0.05) is 26.2 Å². The maximum atomic E-state index is 9.11. The first-order valence-electron chi connectivity index (χ1n) is 6.29. The van der Waals surface area contributed by atoms with Crippen LogP contribution in [0.3, 0.4) is 0 Å². The van der Waals surface area contributed by atoms with E-state index in [0.717, 1.165) is 44.0 Å². The van der Waals surface area contributed by atoms with Crippen molar-refractivity contribution in [2.75, 3.05) is 43.4 Å². The molecule has 2 rings (SSSR count). The Balaban J connectivity index is 2.23. The first-order chi connectivity index (χ1) is 8.67. The van der Waals surface area contributed by atoms with E-state index in [1.54, 1.807) is 6.20 Å². The molecule has 1 aromatic rings. The molecule has 0 aliphatic carbocycles. The predicted octanol–water partition coefficient (Wildman–Crippen LogP) is 0.986. The van der Waals surface area contributed by atoms with Gasteiger partial charge in [-0.3, -0.25) is 0 Å². The standard InChI is InChI=1S/C13H19N5/c1-3-17-4-6-18(7-5-17)12-9-16-13(15)11(8-14)10(12)2/h9H,3-7H2,1-2H3,(H2,15,16). The van der Waals surface area contributed by atoms with E-state index in [1.807, 2.05) is 6.92 Å². The fraction of sp³-hybridized carbons (Fsp3) is 0.538. The molecule has 0 amide bonds. The predicted molar refractivity (Wildman–Crippen MR) is 72.4 cm³/mol. The monoisotopic (exact) mass is 245 g/mol. The Morgan fingerprint density at radius 1 is 1.39 bits per heavy atom. The van der Waals surface area contributed by atoms with Crippen molar-refractivity contribution >= 4 is 11.5 Å². The molecule has 0 aromatic carbocycles. The van der Waals surface area contributed by atoms with Crippen molar-refractivity contribution in [1.82, 2.24) is 9.88 Å². The van der Waals surface area contributed by atoms with Crippen molar-refractivity contribution < 1.29 is 0 Å². The normalized spacial score (nSPS) is 16.6. The van der Waals surface area contributed by atoms with E-state index in [0.29, 0.717) is 11.4 Å². The van der Waals surface area contributed by atoms with Crippen LogP contribution in [-0.2, 0) is 0 Å². The van der Waals surface area contributed by atoms with Crippen molar-refractivity contribution in [2.45, 2.75) is 13.8 Å². The summed E-state index contributed by atoms with van der Waals surface area (Å²) < 4.78 is 0. The molecular weight excluding hydrogens is 226 g/mol. The third-order valence-electron chi connectivity index (χ3n) is 3.61. The van der Waals surface area contributed by atoms with Crippen molar-refractivity contribution in [3.8, 4) is 6.07 Å². The van der Waals surface area contributed by atoms with Gasteiger partial charge in [-0.15, -0.1) is 0 Å². The second kappa shape index (κ2) is 5.23. The summed E-state index contributed by atoms with van der Waals surface area (Å²) >= 11 is 0. The van der Waals surface area contributed by atoms with Gasteiger partial charge in [0.05, 0.1) is 17.4 Å². The summed E-state index contributed by atoms with van der Waals surface area (Å²) in [4.78, 5) is 8.83. The topological polar surface area (TPSA) is 69.2 Å². The Morgan fingerprint density at radius 2 is 2.06 bits per heavy atom. The molecular formula is C13H19N5. The minimum atomic E-state index is 0.325. The van der Waals surface area contributed by atoms with Gasteiger partial charge in [0.25, 0.3) is 0 Å². The van der Waals surface area contributed by atoms with Gasteiger partial charge in [-0.05, 0) is 19.0 Å². The molecule has 1 aromatic heterocycles. The average Bonchev–Trinajstić information content (AvgIpc) is 2.40. The van der Waals surface area contributed by atoms with Crippen LogP contribution in [0.15, 0.2) is 6.20 Å². The molecule has 0 atom stereocenters. The summed E-state index contributed by atoms with van der Waals surface area (Å²) in [6.45, 7) is 9.29. The Bertz CT molecular complexity index is 469. The lowest BCUT2D eigenvalue weighted by molar-refractivity contribution is 0.271. The molecule has 0 bridgehead atoms. The van der Waals surface area contributed by atoms with Crippen LogP contribution in [-0.4, -0.2) is 42.6 Å². The summed E-state index contributed by atoms with van der Waals surface area (Å²) in [5.74, 6) is 0.325. The van der Waals surface area contributed by atoms with Gasteiger partial charge in [0.1, 0.15) is 11.9 Å². The molecule has 0 spiro atoms. The number of likely N-dealkylation sites (N-methyl/N-ethyl adjacent to an activating group) is 1. The van der Waals surface area contributed by atoms with Crippen LogP contribution in [0.1, 0.15) is 18.1 Å². The molecule has 5 heteroatoms. The lowest BCUT2D eigenvalue weighted by atomic mass is 10.1. The van der Waals surface area contributed by atoms with E-state index in [2.05, 4.69) is 27.8 Å². The number of nitriles is 1. The minimum absolute atomic E-state index is 0.325. The Hall–Kier alpha value is -1.80. The quantitative estimate of drug-likeness (QED) is 0.841. The number of rotatable bonds is 2. The van der Waals surface area contributed by atoms with Gasteiger partial charge >= 0.3 is 0 Å². The van der Waals surface area contributed by atoms with Crippen molar-refractivity contribution in [1.29, 1.82) is 5.26 Å². The number of nitrogen functional groups attached to an aromatic ring is 1. The Kier molecular flexibility index (Phi) is 3.68. The number of piperazine rings is 1. The third kappa shape index (κ3) is 2.24. The van der Waals surface area contributed by atoms with Crippen LogP contribution < -0.4 is 10.6 Å². The lowest BCUT2D eigenvalue weighted by Crippen LogP contribution is -2.46. The second-order valence-corrected chi connectivity index (χ2v) is 4.56. The number of aromatic nitrogens is 1. The van der Waals surface area contributed by atoms with Crippen LogP contribution in [0.25, 0.3) is 0 Å². The highest BCUT2D eigenvalue weighted by atomic mass is 15.3. The Labute approximate surface area is 108 Å². The van der Waals surface area contributed by atoms with Crippen LogP contribution >= 0.6 is 0 Å². The summed E-state index contributed by atoms with van der Waals surface area (Å²) in [7, 11) is 0. The van der Waals surface area contributed by atoms with Crippen LogP contribution in [0.5, 0.6) is 0 Å². The number of hydrogen-bond donors (Lipinski definition) is 1. The fourth-order valence-corrected chi connectivity index (χ4v) is 2.38. The molecule has 0 saturated carbocycles. The first-order valence-corrected chi connectivity index (χ1v) is 6.29. The molecule has 0 unspecified atom stereocenters. The third-order valence-corrected chi connectivity index (χ3v) is 3.61. The minimum Gasteiger partial charge on any atom is -0.383 e. The number of nitrogens with two attached hydrogens (primary N) is 1. The molecule has 1 fully saturated rings. The molecule has 2 heterocycles. The van der Waals surface area contributed by atoms with Gasteiger partial charge < -0.3 is 15.5 Å². The summed E-state index contributed by atoms with van der Waals surface area (Å²) in [5.41, 5.74) is 8.20. The maximum Gasteiger partial charge on any atom is 0.141 e. The van der Waals surface area contributed by atoms with Crippen molar-refractivity contribution in [3.05, 3.63) is 17.3 Å². The SMILES string of the molecule is CCN1CCN(c2cnc(N)c(C#N)c2C)CC1. The molecule has 1 aliphatic heterocycles. The zero-order valence-electron chi connectivity index (χ0n) is 11.0. The van der Waals surface area contributed by atoms with Crippen molar-refractivity contribution in [2.24, 2.45) is 0 Å². The van der Waals surface area contributed by atoms with E-state index < -0.39 is 0 Å². The van der Waals surface area contributed by atoms with Gasteiger partial charge in [-0.1, -0.05) is 6.92 Å². The lowest BCUT2D eigenvalue weighted by Gasteiger charge is -2.36. The Morgan fingerprint density at radius 3 is 2.61 bits per heavy atom. The highest BCUT2D eigenvalue weighted by Gasteiger charge is 2.19. The molecule has 1 saturated heterocycles. The summed E-state index contributed by atoms with van der Waals surface area (Å²) in [6.07, 6.45) is 1.78. The smallest absolute Gasteiger partial charge is 0.141 e. The first kappa shape index (κ1) is 12.7. The maximum absolute atomic E-state index is 9.11. The molecule has 2 N–H and O–H groups in total. The number of pyridine rings is 1. The highest BCUT2D eigenvalue weighted by Crippen LogP contribution is 2.25. The second-order valence-electron chi connectivity index (χ2n) is 4.56. The largest absolute Gasteiger partial charge is 0.383 e. The number of hydrogen-bond acceptors (Lipinski definition) is 5. The fourth-order valence-electron chi connectivity index (χ4n) is 2.38. The number of nitrogens with zero attached hydrogens (tertiary/aromatic N) is 4. The van der Waals surface area contributed by atoms with Gasteiger partial charge in [-0.25, -0.2) is 4.98 Å². The van der Waals surface area contributed by atoms with E-state index in [4.69, 9.17) is 11.0 Å². The van der Waals surface area contributed by atoms with Crippen LogP contribution in [0, 0.1) is 18.3 Å².